The molecule has 2 rings (SSSR count). The Morgan fingerprint density at radius 1 is 1.50 bits per heavy atom. The summed E-state index contributed by atoms with van der Waals surface area (Å²) in [6.45, 7) is 11.6. The lowest BCUT2D eigenvalue weighted by molar-refractivity contribution is 0.249. The molecule has 1 aliphatic heterocycles. The highest BCUT2D eigenvalue weighted by Gasteiger charge is 2.19. The summed E-state index contributed by atoms with van der Waals surface area (Å²) in [4.78, 5) is 4.17. The minimum Gasteiger partial charge on any atom is -0.313 e. The van der Waals surface area contributed by atoms with Crippen molar-refractivity contribution in [2.45, 2.75) is 46.2 Å². The predicted octanol–water partition coefficient (Wildman–Crippen LogP) is 3.27. The fourth-order valence-electron chi connectivity index (χ4n) is 2.72. The molecule has 2 heterocycles. The van der Waals surface area contributed by atoms with Gasteiger partial charge in [-0.25, -0.2) is 0 Å². The van der Waals surface area contributed by atoms with Crippen molar-refractivity contribution in [3.05, 3.63) is 21.9 Å². The molecule has 18 heavy (non-hydrogen) atoms. The molecular formula is C15H26N2S. The summed E-state index contributed by atoms with van der Waals surface area (Å²) in [7, 11) is 0. The molecule has 0 aliphatic carbocycles. The molecule has 0 bridgehead atoms. The van der Waals surface area contributed by atoms with Crippen LogP contribution in [0.15, 0.2) is 11.4 Å². The van der Waals surface area contributed by atoms with Gasteiger partial charge in [0.25, 0.3) is 0 Å². The lowest BCUT2D eigenvalue weighted by Gasteiger charge is -2.25. The molecule has 1 fully saturated rings. The second kappa shape index (κ2) is 6.69. The lowest BCUT2D eigenvalue weighted by Crippen LogP contribution is -2.38. The van der Waals surface area contributed by atoms with Gasteiger partial charge >= 0.3 is 0 Å². The third kappa shape index (κ3) is 4.08. The normalized spacial score (nSPS) is 22.3. The summed E-state index contributed by atoms with van der Waals surface area (Å²) in [6.07, 6.45) is 2.57. The van der Waals surface area contributed by atoms with Crippen molar-refractivity contribution < 1.29 is 0 Å². The molecule has 1 saturated heterocycles. The summed E-state index contributed by atoms with van der Waals surface area (Å²) < 4.78 is 0. The molecule has 1 aliphatic rings. The monoisotopic (exact) mass is 266 g/mol. The maximum absolute atomic E-state index is 3.70. The SMILES string of the molecule is Cc1ccsc1CN1CCCNC(CC(C)C)C1. The fraction of sp³-hybridized carbons (Fsp3) is 0.733. The standard InChI is InChI=1S/C15H26N2S/c1-12(2)9-14-10-17(7-4-6-16-14)11-15-13(3)5-8-18-15/h5,8,12,14,16H,4,6-7,9-11H2,1-3H3. The molecule has 0 saturated carbocycles. The molecule has 1 atom stereocenters. The largest absolute Gasteiger partial charge is 0.313 e. The summed E-state index contributed by atoms with van der Waals surface area (Å²) in [5.41, 5.74) is 1.46. The maximum Gasteiger partial charge on any atom is 0.0331 e. The van der Waals surface area contributed by atoms with E-state index in [4.69, 9.17) is 0 Å². The molecule has 0 amide bonds. The molecule has 0 spiro atoms. The van der Waals surface area contributed by atoms with Gasteiger partial charge in [0, 0.05) is 24.0 Å². The fourth-order valence-corrected chi connectivity index (χ4v) is 3.66. The Kier molecular flexibility index (Phi) is 5.22. The van der Waals surface area contributed by atoms with Crippen LogP contribution < -0.4 is 5.32 Å². The van der Waals surface area contributed by atoms with E-state index < -0.39 is 0 Å². The molecule has 1 N–H and O–H groups in total. The van der Waals surface area contributed by atoms with Crippen molar-refractivity contribution >= 4 is 11.3 Å². The number of rotatable bonds is 4. The zero-order chi connectivity index (χ0) is 13.0. The Hall–Kier alpha value is -0.380. The smallest absolute Gasteiger partial charge is 0.0331 e. The minimum atomic E-state index is 0.674. The van der Waals surface area contributed by atoms with Crippen LogP contribution in [-0.4, -0.2) is 30.6 Å². The van der Waals surface area contributed by atoms with Crippen molar-refractivity contribution in [3.63, 3.8) is 0 Å². The van der Waals surface area contributed by atoms with Crippen LogP contribution in [0.3, 0.4) is 0 Å². The minimum absolute atomic E-state index is 0.674. The van der Waals surface area contributed by atoms with Gasteiger partial charge in [-0.2, -0.15) is 0 Å². The average molecular weight is 266 g/mol. The number of thiophene rings is 1. The van der Waals surface area contributed by atoms with Crippen LogP contribution in [0.2, 0.25) is 0 Å². The van der Waals surface area contributed by atoms with Gasteiger partial charge in [-0.05, 0) is 55.8 Å². The highest BCUT2D eigenvalue weighted by Crippen LogP contribution is 2.19. The third-order valence-corrected chi connectivity index (χ3v) is 4.66. The molecular weight excluding hydrogens is 240 g/mol. The van der Waals surface area contributed by atoms with Gasteiger partial charge in [-0.15, -0.1) is 11.3 Å². The molecule has 1 aromatic rings. The van der Waals surface area contributed by atoms with E-state index in [1.54, 1.807) is 4.88 Å². The van der Waals surface area contributed by atoms with E-state index in [1.807, 2.05) is 11.3 Å². The van der Waals surface area contributed by atoms with Gasteiger partial charge in [0.15, 0.2) is 0 Å². The molecule has 1 aromatic heterocycles. The molecule has 3 heteroatoms. The first-order valence-corrected chi connectivity index (χ1v) is 8.02. The first kappa shape index (κ1) is 14.0. The Labute approximate surface area is 115 Å². The second-order valence-electron chi connectivity index (χ2n) is 5.90. The van der Waals surface area contributed by atoms with E-state index in [0.29, 0.717) is 6.04 Å². The van der Waals surface area contributed by atoms with E-state index in [9.17, 15) is 0 Å². The van der Waals surface area contributed by atoms with Crippen LogP contribution in [0, 0.1) is 12.8 Å². The molecule has 102 valence electrons. The van der Waals surface area contributed by atoms with Crippen molar-refractivity contribution in [2.75, 3.05) is 19.6 Å². The summed E-state index contributed by atoms with van der Waals surface area (Å²) in [5.74, 6) is 0.783. The van der Waals surface area contributed by atoms with Crippen LogP contribution in [0.5, 0.6) is 0 Å². The van der Waals surface area contributed by atoms with Crippen LogP contribution in [-0.2, 0) is 6.54 Å². The van der Waals surface area contributed by atoms with Crippen molar-refractivity contribution in [1.82, 2.24) is 10.2 Å². The highest BCUT2D eigenvalue weighted by molar-refractivity contribution is 7.10. The van der Waals surface area contributed by atoms with Gasteiger partial charge in [-0.3, -0.25) is 4.90 Å². The predicted molar refractivity (Wildman–Crippen MR) is 80.2 cm³/mol. The quantitative estimate of drug-likeness (QED) is 0.900. The summed E-state index contributed by atoms with van der Waals surface area (Å²) >= 11 is 1.90. The van der Waals surface area contributed by atoms with Gasteiger partial charge in [0.2, 0.25) is 0 Å². The van der Waals surface area contributed by atoms with E-state index >= 15 is 0 Å². The molecule has 1 unspecified atom stereocenters. The van der Waals surface area contributed by atoms with Crippen LogP contribution in [0.1, 0.15) is 37.1 Å². The highest BCUT2D eigenvalue weighted by atomic mass is 32.1. The number of nitrogens with one attached hydrogen (secondary N) is 1. The zero-order valence-electron chi connectivity index (χ0n) is 11.9. The second-order valence-corrected chi connectivity index (χ2v) is 6.90. The van der Waals surface area contributed by atoms with Gasteiger partial charge in [0.05, 0.1) is 0 Å². The third-order valence-electron chi connectivity index (χ3n) is 3.65. The van der Waals surface area contributed by atoms with Crippen LogP contribution >= 0.6 is 11.3 Å². The van der Waals surface area contributed by atoms with Gasteiger partial charge in [0.1, 0.15) is 0 Å². The van der Waals surface area contributed by atoms with Crippen LogP contribution in [0.4, 0.5) is 0 Å². The molecule has 2 nitrogen and oxygen atoms in total. The van der Waals surface area contributed by atoms with E-state index in [2.05, 4.69) is 42.4 Å². The summed E-state index contributed by atoms with van der Waals surface area (Å²) in [6, 6.07) is 2.91. The summed E-state index contributed by atoms with van der Waals surface area (Å²) in [5, 5.41) is 5.91. The van der Waals surface area contributed by atoms with E-state index in [1.165, 1.54) is 38.0 Å². The average Bonchev–Trinajstić information content (AvgIpc) is 2.58. The first-order valence-electron chi connectivity index (χ1n) is 7.14. The van der Waals surface area contributed by atoms with E-state index in [0.717, 1.165) is 12.5 Å². The molecule has 0 aromatic carbocycles. The Morgan fingerprint density at radius 2 is 2.33 bits per heavy atom. The van der Waals surface area contributed by atoms with E-state index in [-0.39, 0.29) is 0 Å². The van der Waals surface area contributed by atoms with Crippen molar-refractivity contribution in [3.8, 4) is 0 Å². The Bertz CT molecular complexity index is 359. The molecule has 0 radical (unpaired) electrons. The zero-order valence-corrected chi connectivity index (χ0v) is 12.7. The van der Waals surface area contributed by atoms with Crippen molar-refractivity contribution in [1.29, 1.82) is 0 Å². The van der Waals surface area contributed by atoms with Crippen molar-refractivity contribution in [2.24, 2.45) is 5.92 Å². The number of hydrogen-bond acceptors (Lipinski definition) is 3. The Morgan fingerprint density at radius 3 is 3.00 bits per heavy atom. The van der Waals surface area contributed by atoms with Crippen LogP contribution in [0.25, 0.3) is 0 Å². The topological polar surface area (TPSA) is 15.3 Å². The number of hydrogen-bond donors (Lipinski definition) is 1. The number of aryl methyl sites for hydroxylation is 1. The van der Waals surface area contributed by atoms with Gasteiger partial charge < -0.3 is 5.32 Å². The Balaban J connectivity index is 1.92. The maximum atomic E-state index is 3.70. The lowest BCUT2D eigenvalue weighted by atomic mass is 10.0. The number of nitrogens with zero attached hydrogens (tertiary/aromatic N) is 1. The van der Waals surface area contributed by atoms with Gasteiger partial charge in [-0.1, -0.05) is 13.8 Å². The first-order chi connectivity index (χ1) is 8.65.